The van der Waals surface area contributed by atoms with Gasteiger partial charge in [0, 0.05) is 24.3 Å². The number of ether oxygens (including phenoxy) is 1. The fraction of sp³-hybridized carbons (Fsp3) is 0.259. The fourth-order valence-electron chi connectivity index (χ4n) is 3.99. The van der Waals surface area contributed by atoms with Gasteiger partial charge in [0.25, 0.3) is 5.91 Å². The van der Waals surface area contributed by atoms with Gasteiger partial charge < -0.3 is 15.4 Å². The molecule has 0 spiro atoms. The highest BCUT2D eigenvalue weighted by atomic mass is 19.4. The smallest absolute Gasteiger partial charge is 0.379 e. The van der Waals surface area contributed by atoms with E-state index >= 15 is 0 Å². The molecule has 3 aromatic rings. The molecule has 0 bridgehead atoms. The minimum absolute atomic E-state index is 0.134. The molecular formula is C27H26F3N3O3. The average Bonchev–Trinajstić information content (AvgIpc) is 2.88. The van der Waals surface area contributed by atoms with Crippen LogP contribution in [0, 0.1) is 0 Å². The molecule has 9 heteroatoms. The summed E-state index contributed by atoms with van der Waals surface area (Å²) in [4.78, 5) is 27.3. The standard InChI is InChI=1S/C27H26F3N3O3/c1-18(33-13-15-36-16-14-33)25(34)32-24-17-22(11-12-23(24)27(28,29)30)31-26(35)21-9-7-20(8-10-21)19-5-3-2-4-6-19/h2-12,17-18H,13-16H2,1H3,(H,31,35)(H,32,34)/t18-/m0/s1. The van der Waals surface area contributed by atoms with Crippen molar-refractivity contribution in [3.8, 4) is 11.1 Å². The summed E-state index contributed by atoms with van der Waals surface area (Å²) in [5, 5.41) is 5.02. The molecule has 0 unspecified atom stereocenters. The molecule has 0 radical (unpaired) electrons. The van der Waals surface area contributed by atoms with Gasteiger partial charge in [-0.2, -0.15) is 13.2 Å². The number of carbonyl (C=O) groups excluding carboxylic acids is 2. The molecule has 36 heavy (non-hydrogen) atoms. The predicted molar refractivity (Wildman–Crippen MR) is 132 cm³/mol. The number of hydrogen-bond donors (Lipinski definition) is 2. The number of amides is 2. The Bertz CT molecular complexity index is 1210. The summed E-state index contributed by atoms with van der Waals surface area (Å²) in [7, 11) is 0. The Hall–Kier alpha value is -3.69. The molecule has 2 N–H and O–H groups in total. The van der Waals surface area contributed by atoms with Crippen molar-refractivity contribution in [3.05, 3.63) is 83.9 Å². The Morgan fingerprint density at radius 3 is 2.17 bits per heavy atom. The molecule has 1 aliphatic rings. The summed E-state index contributed by atoms with van der Waals surface area (Å²) in [6.45, 7) is 3.58. The third kappa shape index (κ3) is 6.10. The van der Waals surface area contributed by atoms with Gasteiger partial charge in [0.15, 0.2) is 0 Å². The van der Waals surface area contributed by atoms with Crippen LogP contribution in [0.15, 0.2) is 72.8 Å². The number of alkyl halides is 3. The van der Waals surface area contributed by atoms with Crippen molar-refractivity contribution in [1.29, 1.82) is 0 Å². The number of hydrogen-bond acceptors (Lipinski definition) is 4. The van der Waals surface area contributed by atoms with Crippen LogP contribution in [0.4, 0.5) is 24.5 Å². The number of anilines is 2. The second kappa shape index (κ2) is 10.9. The van der Waals surface area contributed by atoms with Gasteiger partial charge in [-0.25, -0.2) is 0 Å². The minimum atomic E-state index is -4.68. The third-order valence-corrected chi connectivity index (χ3v) is 6.07. The van der Waals surface area contributed by atoms with Crippen molar-refractivity contribution in [2.24, 2.45) is 0 Å². The summed E-state index contributed by atoms with van der Waals surface area (Å²) >= 11 is 0. The summed E-state index contributed by atoms with van der Waals surface area (Å²) in [5.74, 6) is -1.05. The van der Waals surface area contributed by atoms with Gasteiger partial charge >= 0.3 is 6.18 Å². The fourth-order valence-corrected chi connectivity index (χ4v) is 3.99. The number of morpholine rings is 1. The van der Waals surface area contributed by atoms with Crippen LogP contribution in [0.25, 0.3) is 11.1 Å². The van der Waals surface area contributed by atoms with E-state index in [4.69, 9.17) is 4.74 Å². The quantitative estimate of drug-likeness (QED) is 0.486. The molecule has 1 fully saturated rings. The topological polar surface area (TPSA) is 70.7 Å². The summed E-state index contributed by atoms with van der Waals surface area (Å²) < 4.78 is 46.1. The van der Waals surface area contributed by atoms with E-state index in [1.165, 1.54) is 6.07 Å². The van der Waals surface area contributed by atoms with E-state index in [-0.39, 0.29) is 5.69 Å². The van der Waals surface area contributed by atoms with Crippen LogP contribution in [0.5, 0.6) is 0 Å². The molecule has 0 aliphatic carbocycles. The average molecular weight is 498 g/mol. The number of benzene rings is 3. The number of rotatable bonds is 6. The number of nitrogens with one attached hydrogen (secondary N) is 2. The Morgan fingerprint density at radius 1 is 0.889 bits per heavy atom. The van der Waals surface area contributed by atoms with Crippen molar-refractivity contribution in [3.63, 3.8) is 0 Å². The van der Waals surface area contributed by atoms with Crippen LogP contribution in [-0.4, -0.2) is 49.1 Å². The highest BCUT2D eigenvalue weighted by Gasteiger charge is 2.35. The van der Waals surface area contributed by atoms with Crippen LogP contribution in [0.2, 0.25) is 0 Å². The maximum Gasteiger partial charge on any atom is 0.418 e. The summed E-state index contributed by atoms with van der Waals surface area (Å²) in [6, 6.07) is 19.0. The van der Waals surface area contributed by atoms with E-state index in [0.29, 0.717) is 31.9 Å². The van der Waals surface area contributed by atoms with Crippen molar-refractivity contribution in [1.82, 2.24) is 4.90 Å². The molecule has 1 saturated heterocycles. The van der Waals surface area contributed by atoms with Gasteiger partial charge in [-0.05, 0) is 48.4 Å². The van der Waals surface area contributed by atoms with Crippen LogP contribution < -0.4 is 10.6 Å². The normalized spacial score (nSPS) is 15.2. The molecule has 1 aliphatic heterocycles. The Morgan fingerprint density at radius 2 is 1.53 bits per heavy atom. The molecule has 4 rings (SSSR count). The number of nitrogens with zero attached hydrogens (tertiary/aromatic N) is 1. The van der Waals surface area contributed by atoms with Gasteiger partial charge in [0.05, 0.1) is 30.5 Å². The lowest BCUT2D eigenvalue weighted by Crippen LogP contribution is -2.47. The minimum Gasteiger partial charge on any atom is -0.379 e. The van der Waals surface area contributed by atoms with Crippen molar-refractivity contribution in [2.45, 2.75) is 19.1 Å². The largest absolute Gasteiger partial charge is 0.418 e. The second-order valence-corrected chi connectivity index (χ2v) is 8.47. The van der Waals surface area contributed by atoms with Crippen molar-refractivity contribution in [2.75, 3.05) is 36.9 Å². The lowest BCUT2D eigenvalue weighted by Gasteiger charge is -2.31. The lowest BCUT2D eigenvalue weighted by molar-refractivity contribution is -0.137. The highest BCUT2D eigenvalue weighted by Crippen LogP contribution is 2.36. The van der Waals surface area contributed by atoms with E-state index in [1.807, 2.05) is 35.2 Å². The lowest BCUT2D eigenvalue weighted by atomic mass is 10.0. The number of halogens is 3. The zero-order chi connectivity index (χ0) is 25.7. The van der Waals surface area contributed by atoms with Gasteiger partial charge in [0.2, 0.25) is 5.91 Å². The van der Waals surface area contributed by atoms with Gasteiger partial charge in [0.1, 0.15) is 0 Å². The molecule has 1 heterocycles. The molecule has 3 aromatic carbocycles. The van der Waals surface area contributed by atoms with Gasteiger partial charge in [-0.3, -0.25) is 14.5 Å². The second-order valence-electron chi connectivity index (χ2n) is 8.47. The maximum absolute atomic E-state index is 13.6. The first-order valence-corrected chi connectivity index (χ1v) is 11.5. The zero-order valence-electron chi connectivity index (χ0n) is 19.6. The van der Waals surface area contributed by atoms with E-state index in [0.717, 1.165) is 23.3 Å². The predicted octanol–water partition coefficient (Wildman–Crippen LogP) is 5.28. The van der Waals surface area contributed by atoms with Crippen LogP contribution in [0.3, 0.4) is 0 Å². The van der Waals surface area contributed by atoms with E-state index < -0.39 is 35.3 Å². The molecule has 188 valence electrons. The molecule has 2 amide bonds. The van der Waals surface area contributed by atoms with Crippen LogP contribution in [-0.2, 0) is 15.7 Å². The van der Waals surface area contributed by atoms with E-state index in [2.05, 4.69) is 10.6 Å². The first-order chi connectivity index (χ1) is 17.2. The Balaban J connectivity index is 1.50. The Labute approximate surface area is 207 Å². The van der Waals surface area contributed by atoms with Crippen molar-refractivity contribution < 1.29 is 27.5 Å². The molecule has 1 atom stereocenters. The Kier molecular flexibility index (Phi) is 7.71. The van der Waals surface area contributed by atoms with Crippen molar-refractivity contribution >= 4 is 23.2 Å². The van der Waals surface area contributed by atoms with Crippen LogP contribution in [0.1, 0.15) is 22.8 Å². The third-order valence-electron chi connectivity index (χ3n) is 6.07. The maximum atomic E-state index is 13.6. The zero-order valence-corrected chi connectivity index (χ0v) is 19.6. The SMILES string of the molecule is C[C@@H](C(=O)Nc1cc(NC(=O)c2ccc(-c3ccccc3)cc2)ccc1C(F)(F)F)N1CCOCC1. The summed E-state index contributed by atoms with van der Waals surface area (Å²) in [6.07, 6.45) is -4.68. The first-order valence-electron chi connectivity index (χ1n) is 11.5. The number of carbonyl (C=O) groups is 2. The van der Waals surface area contributed by atoms with Crippen LogP contribution >= 0.6 is 0 Å². The van der Waals surface area contributed by atoms with Gasteiger partial charge in [-0.1, -0.05) is 42.5 Å². The van der Waals surface area contributed by atoms with Gasteiger partial charge in [-0.15, -0.1) is 0 Å². The van der Waals surface area contributed by atoms with E-state index in [1.54, 1.807) is 31.2 Å². The highest BCUT2D eigenvalue weighted by molar-refractivity contribution is 6.05. The molecular weight excluding hydrogens is 471 g/mol. The molecule has 0 aromatic heterocycles. The monoisotopic (exact) mass is 497 g/mol. The van der Waals surface area contributed by atoms with E-state index in [9.17, 15) is 22.8 Å². The summed E-state index contributed by atoms with van der Waals surface area (Å²) in [5.41, 5.74) is 1.01. The first kappa shape index (κ1) is 25.4. The molecule has 6 nitrogen and oxygen atoms in total. The molecule has 0 saturated carbocycles.